The van der Waals surface area contributed by atoms with Crippen LogP contribution in [0.5, 0.6) is 0 Å². The second-order valence-corrected chi connectivity index (χ2v) is 6.40. The van der Waals surface area contributed by atoms with Crippen molar-refractivity contribution in [3.8, 4) is 0 Å². The summed E-state index contributed by atoms with van der Waals surface area (Å²) < 4.78 is 13.6. The molecule has 4 nitrogen and oxygen atoms in total. The van der Waals surface area contributed by atoms with E-state index in [1.807, 2.05) is 19.1 Å². The Hall–Kier alpha value is -1.72. The molecule has 1 atom stereocenters. The molecule has 0 bridgehead atoms. The maximum Gasteiger partial charge on any atom is 0.223 e. The molecule has 1 aromatic heterocycles. The van der Waals surface area contributed by atoms with E-state index in [1.165, 1.54) is 6.07 Å². The number of likely N-dealkylation sites (tertiary alicyclic amines) is 1. The molecular formula is C17H20ClFN4. The van der Waals surface area contributed by atoms with Crippen molar-refractivity contribution in [2.24, 2.45) is 0 Å². The molecule has 1 aromatic carbocycles. The number of halogens is 2. The lowest BCUT2D eigenvalue weighted by Crippen LogP contribution is -2.41. The maximum absolute atomic E-state index is 13.6. The van der Waals surface area contributed by atoms with Gasteiger partial charge in [0.15, 0.2) is 0 Å². The first-order valence-corrected chi connectivity index (χ1v) is 8.20. The van der Waals surface area contributed by atoms with Crippen molar-refractivity contribution in [3.63, 3.8) is 0 Å². The number of nitrogens with zero attached hydrogens (tertiary/aromatic N) is 3. The minimum atomic E-state index is -0.357. The SMILES string of the molecule is Cc1ccnc(NC2CCCN(Cc3ccc(Cl)c(F)c3)C2)n1. The van der Waals surface area contributed by atoms with E-state index in [4.69, 9.17) is 11.6 Å². The van der Waals surface area contributed by atoms with Gasteiger partial charge in [0.05, 0.1) is 5.02 Å². The summed E-state index contributed by atoms with van der Waals surface area (Å²) in [5.74, 6) is 0.318. The standard InChI is InChI=1S/C17H20ClFN4/c1-12-6-7-20-17(21-12)22-14-3-2-8-23(11-14)10-13-4-5-15(18)16(19)9-13/h4-7,9,14H,2-3,8,10-11H2,1H3,(H,20,21,22). The minimum Gasteiger partial charge on any atom is -0.350 e. The molecule has 0 radical (unpaired) electrons. The van der Waals surface area contributed by atoms with E-state index in [1.54, 1.807) is 12.3 Å². The Labute approximate surface area is 140 Å². The largest absolute Gasteiger partial charge is 0.350 e. The number of nitrogens with one attached hydrogen (secondary N) is 1. The molecule has 6 heteroatoms. The molecule has 1 unspecified atom stereocenters. The van der Waals surface area contributed by atoms with Crippen LogP contribution in [0.15, 0.2) is 30.5 Å². The van der Waals surface area contributed by atoms with Crippen LogP contribution >= 0.6 is 11.6 Å². The van der Waals surface area contributed by atoms with Gasteiger partial charge in [-0.3, -0.25) is 4.90 Å². The molecule has 0 spiro atoms. The lowest BCUT2D eigenvalue weighted by Gasteiger charge is -2.33. The van der Waals surface area contributed by atoms with Gasteiger partial charge >= 0.3 is 0 Å². The van der Waals surface area contributed by atoms with Crippen molar-refractivity contribution >= 4 is 17.5 Å². The van der Waals surface area contributed by atoms with Gasteiger partial charge < -0.3 is 5.32 Å². The maximum atomic E-state index is 13.6. The van der Waals surface area contributed by atoms with Crippen LogP contribution in [0.3, 0.4) is 0 Å². The second-order valence-electron chi connectivity index (χ2n) is 5.99. The van der Waals surface area contributed by atoms with Crippen molar-refractivity contribution < 1.29 is 4.39 Å². The molecule has 0 saturated carbocycles. The lowest BCUT2D eigenvalue weighted by molar-refractivity contribution is 0.208. The van der Waals surface area contributed by atoms with E-state index in [0.29, 0.717) is 12.0 Å². The van der Waals surface area contributed by atoms with E-state index >= 15 is 0 Å². The molecule has 3 rings (SSSR count). The van der Waals surface area contributed by atoms with Crippen LogP contribution in [0.25, 0.3) is 0 Å². The van der Waals surface area contributed by atoms with Crippen molar-refractivity contribution in [1.29, 1.82) is 0 Å². The molecular weight excluding hydrogens is 315 g/mol. The highest BCUT2D eigenvalue weighted by atomic mass is 35.5. The highest BCUT2D eigenvalue weighted by Gasteiger charge is 2.20. The van der Waals surface area contributed by atoms with Crippen LogP contribution < -0.4 is 5.32 Å². The monoisotopic (exact) mass is 334 g/mol. The van der Waals surface area contributed by atoms with Crippen molar-refractivity contribution in [1.82, 2.24) is 14.9 Å². The van der Waals surface area contributed by atoms with E-state index in [9.17, 15) is 4.39 Å². The Morgan fingerprint density at radius 1 is 1.39 bits per heavy atom. The highest BCUT2D eigenvalue weighted by Crippen LogP contribution is 2.19. The Morgan fingerprint density at radius 2 is 2.26 bits per heavy atom. The van der Waals surface area contributed by atoms with E-state index in [2.05, 4.69) is 20.2 Å². The first-order valence-electron chi connectivity index (χ1n) is 7.82. The van der Waals surface area contributed by atoms with Crippen molar-refractivity contribution in [2.45, 2.75) is 32.4 Å². The molecule has 0 aliphatic carbocycles. The fraction of sp³-hybridized carbons (Fsp3) is 0.412. The van der Waals surface area contributed by atoms with Crippen LogP contribution in [-0.2, 0) is 6.54 Å². The number of aromatic nitrogens is 2. The van der Waals surface area contributed by atoms with Gasteiger partial charge in [-0.05, 0) is 50.1 Å². The number of rotatable bonds is 4. The van der Waals surface area contributed by atoms with Gasteiger partial charge in [0, 0.05) is 31.0 Å². The van der Waals surface area contributed by atoms with Gasteiger partial charge in [0.1, 0.15) is 5.82 Å². The predicted octanol–water partition coefficient (Wildman–Crippen LogP) is 3.65. The lowest BCUT2D eigenvalue weighted by atomic mass is 10.0. The van der Waals surface area contributed by atoms with E-state index < -0.39 is 0 Å². The van der Waals surface area contributed by atoms with Gasteiger partial charge in [0.25, 0.3) is 0 Å². The van der Waals surface area contributed by atoms with Crippen LogP contribution in [0.2, 0.25) is 5.02 Å². The van der Waals surface area contributed by atoms with E-state index in [-0.39, 0.29) is 10.8 Å². The first-order chi connectivity index (χ1) is 11.1. The molecule has 0 amide bonds. The van der Waals surface area contributed by atoms with Crippen LogP contribution in [-0.4, -0.2) is 34.0 Å². The summed E-state index contributed by atoms with van der Waals surface area (Å²) in [6.07, 6.45) is 3.95. The number of benzene rings is 1. The van der Waals surface area contributed by atoms with E-state index in [0.717, 1.165) is 43.7 Å². The molecule has 2 heterocycles. The average molecular weight is 335 g/mol. The topological polar surface area (TPSA) is 41.1 Å². The molecule has 1 aliphatic rings. The summed E-state index contributed by atoms with van der Waals surface area (Å²) in [7, 11) is 0. The summed E-state index contributed by atoms with van der Waals surface area (Å²) in [5.41, 5.74) is 1.89. The fourth-order valence-corrected chi connectivity index (χ4v) is 3.03. The molecule has 1 fully saturated rings. The molecule has 23 heavy (non-hydrogen) atoms. The second kappa shape index (κ2) is 7.23. The zero-order valence-corrected chi connectivity index (χ0v) is 13.9. The number of aryl methyl sites for hydroxylation is 1. The van der Waals surface area contributed by atoms with Gasteiger partial charge in [-0.1, -0.05) is 17.7 Å². The normalized spacial score (nSPS) is 18.8. The predicted molar refractivity (Wildman–Crippen MR) is 90.1 cm³/mol. The third-order valence-corrected chi connectivity index (χ3v) is 4.33. The van der Waals surface area contributed by atoms with Crippen molar-refractivity contribution in [2.75, 3.05) is 18.4 Å². The zero-order chi connectivity index (χ0) is 16.2. The quantitative estimate of drug-likeness (QED) is 0.926. The third-order valence-electron chi connectivity index (χ3n) is 4.02. The summed E-state index contributed by atoms with van der Waals surface area (Å²) in [4.78, 5) is 11.0. The van der Waals surface area contributed by atoms with Crippen LogP contribution in [0.4, 0.5) is 10.3 Å². The Kier molecular flexibility index (Phi) is 5.08. The summed E-state index contributed by atoms with van der Waals surface area (Å²) in [6.45, 7) is 4.58. The fourth-order valence-electron chi connectivity index (χ4n) is 2.91. The average Bonchev–Trinajstić information content (AvgIpc) is 2.51. The third kappa shape index (κ3) is 4.39. The van der Waals surface area contributed by atoms with Crippen molar-refractivity contribution in [3.05, 3.63) is 52.6 Å². The number of piperidine rings is 1. The number of anilines is 1. The highest BCUT2D eigenvalue weighted by molar-refractivity contribution is 6.30. The molecule has 2 aromatic rings. The van der Waals surface area contributed by atoms with Gasteiger partial charge in [-0.25, -0.2) is 14.4 Å². The number of hydrogen-bond acceptors (Lipinski definition) is 4. The Morgan fingerprint density at radius 3 is 3.04 bits per heavy atom. The summed E-state index contributed by atoms with van der Waals surface area (Å²) in [5, 5.41) is 3.57. The molecule has 122 valence electrons. The van der Waals surface area contributed by atoms with Gasteiger partial charge in [-0.15, -0.1) is 0 Å². The first kappa shape index (κ1) is 16.1. The molecule has 1 N–H and O–H groups in total. The minimum absolute atomic E-state index is 0.170. The Bertz CT molecular complexity index is 679. The van der Waals surface area contributed by atoms with Crippen LogP contribution in [0.1, 0.15) is 24.1 Å². The smallest absolute Gasteiger partial charge is 0.223 e. The summed E-state index contributed by atoms with van der Waals surface area (Å²) >= 11 is 5.74. The van der Waals surface area contributed by atoms with Gasteiger partial charge in [-0.2, -0.15) is 0 Å². The number of hydrogen-bond donors (Lipinski definition) is 1. The molecule has 1 aliphatic heterocycles. The molecule has 1 saturated heterocycles. The van der Waals surface area contributed by atoms with Gasteiger partial charge in [0.2, 0.25) is 5.95 Å². The Balaban J connectivity index is 1.60. The summed E-state index contributed by atoms with van der Waals surface area (Å²) in [6, 6.07) is 7.21. The van der Waals surface area contributed by atoms with Crippen LogP contribution in [0, 0.1) is 12.7 Å². The zero-order valence-electron chi connectivity index (χ0n) is 13.1.